The number of hydrogen-bond acceptors (Lipinski definition) is 4. The van der Waals surface area contributed by atoms with Crippen LogP contribution in [0.15, 0.2) is 22.7 Å². The summed E-state index contributed by atoms with van der Waals surface area (Å²) in [6.07, 6.45) is 1.52. The molecule has 114 valence electrons. The lowest BCUT2D eigenvalue weighted by atomic mass is 9.97. The van der Waals surface area contributed by atoms with Gasteiger partial charge in [-0.25, -0.2) is 0 Å². The summed E-state index contributed by atoms with van der Waals surface area (Å²) in [6, 6.07) is 4.72. The average Bonchev–Trinajstić information content (AvgIpc) is 2.49. The van der Waals surface area contributed by atoms with Crippen LogP contribution >= 0.6 is 15.9 Å². The van der Waals surface area contributed by atoms with Gasteiger partial charge in [0.05, 0.1) is 17.0 Å². The lowest BCUT2D eigenvalue weighted by Gasteiger charge is -2.31. The van der Waals surface area contributed by atoms with Gasteiger partial charge in [0, 0.05) is 18.7 Å². The zero-order chi connectivity index (χ0) is 15.4. The van der Waals surface area contributed by atoms with Gasteiger partial charge in [-0.15, -0.1) is 0 Å². The van der Waals surface area contributed by atoms with Crippen LogP contribution in [-0.4, -0.2) is 41.6 Å². The molecule has 6 heteroatoms. The molecule has 1 fully saturated rings. The number of benzene rings is 1. The van der Waals surface area contributed by atoms with Crippen molar-refractivity contribution in [2.45, 2.75) is 19.8 Å². The van der Waals surface area contributed by atoms with E-state index in [2.05, 4.69) is 15.9 Å². The molecule has 0 spiro atoms. The third kappa shape index (κ3) is 3.75. The first-order valence-corrected chi connectivity index (χ1v) is 7.76. The van der Waals surface area contributed by atoms with Gasteiger partial charge in [0.15, 0.2) is 0 Å². The van der Waals surface area contributed by atoms with Crippen LogP contribution in [0.1, 0.15) is 30.1 Å². The monoisotopic (exact) mass is 355 g/mol. The van der Waals surface area contributed by atoms with Gasteiger partial charge in [-0.1, -0.05) is 0 Å². The molecule has 1 saturated heterocycles. The smallest absolute Gasteiger partial charge is 0.310 e. The summed E-state index contributed by atoms with van der Waals surface area (Å²) in [5.41, 5.74) is 0.417. The van der Waals surface area contributed by atoms with Gasteiger partial charge in [-0.2, -0.15) is 0 Å². The minimum Gasteiger partial charge on any atom is -0.507 e. The summed E-state index contributed by atoms with van der Waals surface area (Å²) in [5.74, 6) is -0.646. The first-order valence-electron chi connectivity index (χ1n) is 6.97. The average molecular weight is 356 g/mol. The van der Waals surface area contributed by atoms with E-state index in [9.17, 15) is 14.7 Å². The van der Waals surface area contributed by atoms with Gasteiger partial charge >= 0.3 is 5.97 Å². The van der Waals surface area contributed by atoms with Crippen molar-refractivity contribution in [2.75, 3.05) is 19.7 Å². The fraction of sp³-hybridized carbons (Fsp3) is 0.467. The number of likely N-dealkylation sites (tertiary alicyclic amines) is 1. The van der Waals surface area contributed by atoms with Crippen LogP contribution in [0.4, 0.5) is 0 Å². The number of carbonyl (C=O) groups excluding carboxylic acids is 2. The van der Waals surface area contributed by atoms with Crippen LogP contribution in [0.5, 0.6) is 5.75 Å². The highest BCUT2D eigenvalue weighted by molar-refractivity contribution is 9.10. The number of aromatic hydroxyl groups is 1. The highest BCUT2D eigenvalue weighted by Gasteiger charge is 2.29. The number of phenols is 1. The van der Waals surface area contributed by atoms with Crippen LogP contribution in [-0.2, 0) is 9.53 Å². The number of amides is 1. The normalized spacial score (nSPS) is 18.4. The Hall–Kier alpha value is -1.56. The summed E-state index contributed by atoms with van der Waals surface area (Å²) in [5, 5.41) is 9.67. The number of esters is 1. The van der Waals surface area contributed by atoms with E-state index in [0.29, 0.717) is 29.7 Å². The van der Waals surface area contributed by atoms with E-state index in [4.69, 9.17) is 4.74 Å². The number of piperidine rings is 1. The molecule has 0 bridgehead atoms. The lowest BCUT2D eigenvalue weighted by molar-refractivity contribution is -0.149. The van der Waals surface area contributed by atoms with Crippen LogP contribution in [0.2, 0.25) is 0 Å². The molecule has 0 radical (unpaired) electrons. The molecule has 0 aromatic heterocycles. The molecule has 1 aliphatic rings. The second kappa shape index (κ2) is 6.93. The molecule has 1 aromatic carbocycles. The molecule has 1 heterocycles. The van der Waals surface area contributed by atoms with Crippen LogP contribution < -0.4 is 0 Å². The van der Waals surface area contributed by atoms with Gasteiger partial charge in [0.25, 0.3) is 5.91 Å². The maximum Gasteiger partial charge on any atom is 0.310 e. The number of carbonyl (C=O) groups is 2. The summed E-state index contributed by atoms with van der Waals surface area (Å²) in [6.45, 7) is 3.11. The Morgan fingerprint density at radius 2 is 2.24 bits per heavy atom. The zero-order valence-electron chi connectivity index (χ0n) is 11.8. The Bertz CT molecular complexity index is 546. The quantitative estimate of drug-likeness (QED) is 0.846. The van der Waals surface area contributed by atoms with Crippen molar-refractivity contribution in [1.29, 1.82) is 0 Å². The number of halogens is 1. The van der Waals surface area contributed by atoms with Crippen molar-refractivity contribution in [3.05, 3.63) is 28.2 Å². The first kappa shape index (κ1) is 15.8. The molecule has 0 aliphatic carbocycles. The largest absolute Gasteiger partial charge is 0.507 e. The predicted molar refractivity (Wildman–Crippen MR) is 81.1 cm³/mol. The topological polar surface area (TPSA) is 66.8 Å². The Morgan fingerprint density at radius 1 is 1.48 bits per heavy atom. The predicted octanol–water partition coefficient (Wildman–Crippen LogP) is 2.57. The summed E-state index contributed by atoms with van der Waals surface area (Å²) < 4.78 is 5.57. The summed E-state index contributed by atoms with van der Waals surface area (Å²) in [4.78, 5) is 25.9. The van der Waals surface area contributed by atoms with Gasteiger partial charge in [-0.3, -0.25) is 9.59 Å². The van der Waals surface area contributed by atoms with E-state index in [0.717, 1.165) is 12.8 Å². The van der Waals surface area contributed by atoms with Gasteiger partial charge < -0.3 is 14.7 Å². The highest BCUT2D eigenvalue weighted by Crippen LogP contribution is 2.26. The fourth-order valence-electron chi connectivity index (χ4n) is 2.44. The van der Waals surface area contributed by atoms with Crippen molar-refractivity contribution in [2.24, 2.45) is 5.92 Å². The van der Waals surface area contributed by atoms with Gasteiger partial charge in [-0.05, 0) is 53.9 Å². The molecule has 1 amide bonds. The number of phenolic OH excluding ortho intramolecular Hbond substituents is 1. The van der Waals surface area contributed by atoms with Crippen molar-refractivity contribution in [1.82, 2.24) is 4.90 Å². The molecular formula is C15H18BrNO4. The molecule has 1 N–H and O–H groups in total. The minimum atomic E-state index is -0.258. The molecule has 1 aliphatic heterocycles. The van der Waals surface area contributed by atoms with E-state index in [-0.39, 0.29) is 23.5 Å². The van der Waals surface area contributed by atoms with E-state index in [1.807, 2.05) is 0 Å². The van der Waals surface area contributed by atoms with Crippen LogP contribution in [0.25, 0.3) is 0 Å². The summed E-state index contributed by atoms with van der Waals surface area (Å²) in [7, 11) is 0. The molecule has 1 atom stereocenters. The standard InChI is InChI=1S/C15H18BrNO4/c1-2-21-15(20)11-4-3-7-17(9-11)14(19)10-5-6-12(16)13(18)8-10/h5-6,8,11,18H,2-4,7,9H2,1H3/t11-/m1/s1. The number of rotatable bonds is 3. The Balaban J connectivity index is 2.08. The Labute approximate surface area is 132 Å². The zero-order valence-corrected chi connectivity index (χ0v) is 13.4. The van der Waals surface area contributed by atoms with Crippen LogP contribution in [0, 0.1) is 5.92 Å². The second-order valence-corrected chi connectivity index (χ2v) is 5.86. The molecule has 0 unspecified atom stereocenters. The lowest BCUT2D eigenvalue weighted by Crippen LogP contribution is -2.42. The van der Waals surface area contributed by atoms with E-state index >= 15 is 0 Å². The summed E-state index contributed by atoms with van der Waals surface area (Å²) >= 11 is 3.18. The first-order chi connectivity index (χ1) is 10.0. The number of ether oxygens (including phenoxy) is 1. The van der Waals surface area contributed by atoms with Gasteiger partial charge in [0.2, 0.25) is 0 Å². The third-order valence-corrected chi connectivity index (χ3v) is 4.19. The van der Waals surface area contributed by atoms with Crippen LogP contribution in [0.3, 0.4) is 0 Å². The van der Waals surface area contributed by atoms with Crippen molar-refractivity contribution in [3.8, 4) is 5.75 Å². The third-order valence-electron chi connectivity index (χ3n) is 3.52. The molecule has 2 rings (SSSR count). The Morgan fingerprint density at radius 3 is 2.90 bits per heavy atom. The van der Waals surface area contributed by atoms with Gasteiger partial charge in [0.1, 0.15) is 5.75 Å². The highest BCUT2D eigenvalue weighted by atomic mass is 79.9. The molecular weight excluding hydrogens is 338 g/mol. The molecule has 21 heavy (non-hydrogen) atoms. The van der Waals surface area contributed by atoms with Crippen molar-refractivity contribution < 1.29 is 19.4 Å². The fourth-order valence-corrected chi connectivity index (χ4v) is 2.69. The number of hydrogen-bond donors (Lipinski definition) is 1. The maximum absolute atomic E-state index is 12.4. The molecule has 5 nitrogen and oxygen atoms in total. The molecule has 1 aromatic rings. The van der Waals surface area contributed by atoms with Crippen molar-refractivity contribution in [3.63, 3.8) is 0 Å². The van der Waals surface area contributed by atoms with Crippen molar-refractivity contribution >= 4 is 27.8 Å². The van der Waals surface area contributed by atoms with E-state index in [1.54, 1.807) is 24.0 Å². The Kier molecular flexibility index (Phi) is 5.22. The SMILES string of the molecule is CCOC(=O)[C@@H]1CCCN(C(=O)c2ccc(Br)c(O)c2)C1. The minimum absolute atomic E-state index is 0.0276. The number of nitrogens with zero attached hydrogens (tertiary/aromatic N) is 1. The van der Waals surface area contributed by atoms with E-state index in [1.165, 1.54) is 6.07 Å². The van der Waals surface area contributed by atoms with E-state index < -0.39 is 0 Å². The maximum atomic E-state index is 12.4. The molecule has 0 saturated carbocycles. The second-order valence-electron chi connectivity index (χ2n) is 5.01.